The van der Waals surface area contributed by atoms with Crippen LogP contribution in [0.25, 0.3) is 0 Å². The predicted octanol–water partition coefficient (Wildman–Crippen LogP) is 1.95. The number of hydrogen-bond acceptors (Lipinski definition) is 2. The molecule has 0 radical (unpaired) electrons. The zero-order valence-corrected chi connectivity index (χ0v) is 11.5. The fourth-order valence-electron chi connectivity index (χ4n) is 2.45. The van der Waals surface area contributed by atoms with Crippen LogP contribution in [0.2, 0.25) is 0 Å². The van der Waals surface area contributed by atoms with Gasteiger partial charge in [-0.05, 0) is 31.6 Å². The van der Waals surface area contributed by atoms with Crippen LogP contribution in [0.5, 0.6) is 0 Å². The Hall–Kier alpha value is -0.770. The molecule has 1 aliphatic heterocycles. The normalized spacial score (nSPS) is 21.4. The van der Waals surface area contributed by atoms with Gasteiger partial charge in [0.1, 0.15) is 0 Å². The van der Waals surface area contributed by atoms with Crippen molar-refractivity contribution >= 4 is 6.03 Å². The van der Waals surface area contributed by atoms with Gasteiger partial charge in [-0.25, -0.2) is 4.79 Å². The smallest absolute Gasteiger partial charge is 0.317 e. The van der Waals surface area contributed by atoms with E-state index in [9.17, 15) is 4.79 Å². The summed E-state index contributed by atoms with van der Waals surface area (Å²) in [5.74, 6) is 0.616. The van der Waals surface area contributed by atoms with Crippen molar-refractivity contribution in [3.63, 3.8) is 0 Å². The second kappa shape index (κ2) is 6.24. The molecule has 4 nitrogen and oxygen atoms in total. The number of hydrogen-bond donors (Lipinski definition) is 2. The molecule has 1 fully saturated rings. The van der Waals surface area contributed by atoms with Crippen molar-refractivity contribution in [2.45, 2.75) is 52.0 Å². The highest BCUT2D eigenvalue weighted by Gasteiger charge is 2.29. The molecule has 1 aliphatic rings. The molecular weight excluding hydrogens is 214 g/mol. The van der Waals surface area contributed by atoms with Gasteiger partial charge in [-0.2, -0.15) is 0 Å². The first-order valence-corrected chi connectivity index (χ1v) is 6.84. The molecule has 1 atom stereocenters. The first-order chi connectivity index (χ1) is 8.06. The van der Waals surface area contributed by atoms with E-state index in [0.29, 0.717) is 12.5 Å². The SMILES string of the molecule is CCC(CC)(CN)NC(=O)N1CCCC(C)C1. The Balaban J connectivity index is 2.57. The van der Waals surface area contributed by atoms with Crippen molar-refractivity contribution in [3.8, 4) is 0 Å². The van der Waals surface area contributed by atoms with Gasteiger partial charge in [0.2, 0.25) is 0 Å². The van der Waals surface area contributed by atoms with Crippen molar-refractivity contribution in [1.29, 1.82) is 0 Å². The van der Waals surface area contributed by atoms with E-state index in [-0.39, 0.29) is 11.6 Å². The minimum atomic E-state index is -0.224. The van der Waals surface area contributed by atoms with Gasteiger partial charge >= 0.3 is 6.03 Å². The largest absolute Gasteiger partial charge is 0.331 e. The minimum Gasteiger partial charge on any atom is -0.331 e. The van der Waals surface area contributed by atoms with Gasteiger partial charge in [0, 0.05) is 19.6 Å². The molecule has 3 N–H and O–H groups in total. The van der Waals surface area contributed by atoms with Crippen LogP contribution in [0.3, 0.4) is 0 Å². The summed E-state index contributed by atoms with van der Waals surface area (Å²) in [7, 11) is 0. The van der Waals surface area contributed by atoms with Crippen molar-refractivity contribution in [1.82, 2.24) is 10.2 Å². The standard InChI is InChI=1S/C13H27N3O/c1-4-13(5-2,10-14)15-12(17)16-8-6-7-11(3)9-16/h11H,4-10,14H2,1-3H3,(H,15,17). The molecule has 2 amide bonds. The molecule has 0 spiro atoms. The Kier molecular flexibility index (Phi) is 5.25. The topological polar surface area (TPSA) is 58.4 Å². The molecule has 0 aliphatic carbocycles. The summed E-state index contributed by atoms with van der Waals surface area (Å²) in [6.45, 7) is 8.62. The van der Waals surface area contributed by atoms with Crippen LogP contribution in [0.4, 0.5) is 4.79 Å². The number of carbonyl (C=O) groups excluding carboxylic acids is 1. The number of piperidine rings is 1. The molecular formula is C13H27N3O. The summed E-state index contributed by atoms with van der Waals surface area (Å²) >= 11 is 0. The lowest BCUT2D eigenvalue weighted by atomic mass is 9.93. The van der Waals surface area contributed by atoms with Crippen LogP contribution in [0, 0.1) is 5.92 Å². The van der Waals surface area contributed by atoms with Crippen LogP contribution < -0.4 is 11.1 Å². The first-order valence-electron chi connectivity index (χ1n) is 6.84. The maximum Gasteiger partial charge on any atom is 0.317 e. The Morgan fingerprint density at radius 2 is 2.12 bits per heavy atom. The fraction of sp³-hybridized carbons (Fsp3) is 0.923. The molecule has 4 heteroatoms. The average molecular weight is 241 g/mol. The minimum absolute atomic E-state index is 0.0608. The van der Waals surface area contributed by atoms with Crippen molar-refractivity contribution in [3.05, 3.63) is 0 Å². The Morgan fingerprint density at radius 1 is 1.47 bits per heavy atom. The number of carbonyl (C=O) groups is 1. The Morgan fingerprint density at radius 3 is 2.59 bits per heavy atom. The Labute approximate surface area is 105 Å². The number of nitrogens with one attached hydrogen (secondary N) is 1. The van der Waals surface area contributed by atoms with E-state index < -0.39 is 0 Å². The first kappa shape index (κ1) is 14.3. The maximum atomic E-state index is 12.2. The van der Waals surface area contributed by atoms with Crippen LogP contribution in [-0.2, 0) is 0 Å². The third-order valence-electron chi connectivity index (χ3n) is 4.06. The number of rotatable bonds is 4. The molecule has 0 saturated carbocycles. The predicted molar refractivity (Wildman–Crippen MR) is 70.9 cm³/mol. The number of likely N-dealkylation sites (tertiary alicyclic amines) is 1. The van der Waals surface area contributed by atoms with Crippen LogP contribution in [0.1, 0.15) is 46.5 Å². The van der Waals surface area contributed by atoms with E-state index in [4.69, 9.17) is 5.73 Å². The summed E-state index contributed by atoms with van der Waals surface area (Å²) in [6.07, 6.45) is 4.11. The van der Waals surface area contributed by atoms with Gasteiger partial charge in [-0.1, -0.05) is 20.8 Å². The van der Waals surface area contributed by atoms with Gasteiger partial charge < -0.3 is 16.0 Å². The van der Waals surface area contributed by atoms with Crippen molar-refractivity contribution in [2.75, 3.05) is 19.6 Å². The third-order valence-corrected chi connectivity index (χ3v) is 4.06. The van der Waals surface area contributed by atoms with Gasteiger partial charge in [-0.3, -0.25) is 0 Å². The zero-order chi connectivity index (χ0) is 12.9. The molecule has 0 aromatic rings. The van der Waals surface area contributed by atoms with E-state index in [1.165, 1.54) is 6.42 Å². The lowest BCUT2D eigenvalue weighted by Gasteiger charge is -2.37. The lowest BCUT2D eigenvalue weighted by Crippen LogP contribution is -2.57. The van der Waals surface area contributed by atoms with Crippen molar-refractivity contribution < 1.29 is 4.79 Å². The van der Waals surface area contributed by atoms with Gasteiger partial charge in [0.15, 0.2) is 0 Å². The molecule has 0 aromatic heterocycles. The molecule has 0 bridgehead atoms. The summed E-state index contributed by atoms with van der Waals surface area (Å²) in [5, 5.41) is 3.13. The summed E-state index contributed by atoms with van der Waals surface area (Å²) in [4.78, 5) is 14.1. The number of amides is 2. The van der Waals surface area contributed by atoms with E-state index >= 15 is 0 Å². The molecule has 0 aromatic carbocycles. The highest BCUT2D eigenvalue weighted by atomic mass is 16.2. The molecule has 1 unspecified atom stereocenters. The second-order valence-corrected chi connectivity index (χ2v) is 5.32. The summed E-state index contributed by atoms with van der Waals surface area (Å²) < 4.78 is 0. The highest BCUT2D eigenvalue weighted by molar-refractivity contribution is 5.75. The van der Waals surface area contributed by atoms with E-state index in [1.54, 1.807) is 0 Å². The van der Waals surface area contributed by atoms with Crippen LogP contribution >= 0.6 is 0 Å². The lowest BCUT2D eigenvalue weighted by molar-refractivity contribution is 0.155. The summed E-state index contributed by atoms with van der Waals surface area (Å²) in [5.41, 5.74) is 5.58. The molecule has 100 valence electrons. The highest BCUT2D eigenvalue weighted by Crippen LogP contribution is 2.18. The van der Waals surface area contributed by atoms with E-state index in [0.717, 1.165) is 32.4 Å². The molecule has 17 heavy (non-hydrogen) atoms. The quantitative estimate of drug-likeness (QED) is 0.790. The van der Waals surface area contributed by atoms with Gasteiger partial charge in [0.05, 0.1) is 5.54 Å². The average Bonchev–Trinajstić information content (AvgIpc) is 2.36. The number of nitrogens with zero attached hydrogens (tertiary/aromatic N) is 1. The fourth-order valence-corrected chi connectivity index (χ4v) is 2.45. The van der Waals surface area contributed by atoms with Crippen LogP contribution in [-0.4, -0.2) is 36.1 Å². The Bertz CT molecular complexity index is 243. The molecule has 1 rings (SSSR count). The molecule has 1 heterocycles. The maximum absolute atomic E-state index is 12.2. The number of nitrogens with two attached hydrogens (primary N) is 1. The monoisotopic (exact) mass is 241 g/mol. The van der Waals surface area contributed by atoms with Gasteiger partial charge in [-0.15, -0.1) is 0 Å². The van der Waals surface area contributed by atoms with E-state index in [1.807, 2.05) is 4.90 Å². The van der Waals surface area contributed by atoms with Crippen molar-refractivity contribution in [2.24, 2.45) is 11.7 Å². The van der Waals surface area contributed by atoms with Gasteiger partial charge in [0.25, 0.3) is 0 Å². The summed E-state index contributed by atoms with van der Waals surface area (Å²) in [6, 6.07) is 0.0608. The number of urea groups is 1. The van der Waals surface area contributed by atoms with Crippen LogP contribution in [0.15, 0.2) is 0 Å². The zero-order valence-electron chi connectivity index (χ0n) is 11.5. The third kappa shape index (κ3) is 3.60. The van der Waals surface area contributed by atoms with E-state index in [2.05, 4.69) is 26.1 Å². The molecule has 1 saturated heterocycles. The second-order valence-electron chi connectivity index (χ2n) is 5.32.